The molecular formula is C14H17N3O2. The number of aliphatic hydroxyl groups is 1. The van der Waals surface area contributed by atoms with Gasteiger partial charge in [0.2, 0.25) is 5.91 Å². The molecule has 100 valence electrons. The normalized spacial score (nSPS) is 13.8. The van der Waals surface area contributed by atoms with E-state index in [-0.39, 0.29) is 19.0 Å². The Morgan fingerprint density at radius 3 is 2.79 bits per heavy atom. The molecule has 2 N–H and O–H groups in total. The molecule has 1 atom stereocenters. The van der Waals surface area contributed by atoms with Crippen LogP contribution in [0.2, 0.25) is 0 Å². The summed E-state index contributed by atoms with van der Waals surface area (Å²) in [7, 11) is 0. The molecule has 1 heterocycles. The molecule has 0 saturated heterocycles. The third-order valence-electron chi connectivity index (χ3n) is 2.91. The summed E-state index contributed by atoms with van der Waals surface area (Å²) in [5, 5.41) is 13.0. The fourth-order valence-electron chi connectivity index (χ4n) is 1.77. The monoisotopic (exact) mass is 259 g/mol. The van der Waals surface area contributed by atoms with Crippen LogP contribution in [0.5, 0.6) is 0 Å². The van der Waals surface area contributed by atoms with Gasteiger partial charge in [-0.25, -0.2) is 4.98 Å². The van der Waals surface area contributed by atoms with Crippen molar-refractivity contribution in [3.8, 4) is 0 Å². The lowest BCUT2D eigenvalue weighted by Gasteiger charge is -2.24. The lowest BCUT2D eigenvalue weighted by atomic mass is 9.96. The van der Waals surface area contributed by atoms with Crippen LogP contribution in [-0.2, 0) is 16.9 Å². The average Bonchev–Trinajstić information content (AvgIpc) is 2.90. The van der Waals surface area contributed by atoms with E-state index in [1.807, 2.05) is 30.3 Å². The third-order valence-corrected chi connectivity index (χ3v) is 2.91. The van der Waals surface area contributed by atoms with Crippen LogP contribution >= 0.6 is 0 Å². The number of aromatic nitrogens is 2. The maximum atomic E-state index is 11.7. The Labute approximate surface area is 111 Å². The van der Waals surface area contributed by atoms with Crippen LogP contribution in [0.1, 0.15) is 12.5 Å². The topological polar surface area (TPSA) is 67.2 Å². The Bertz CT molecular complexity index is 521. The highest BCUT2D eigenvalue weighted by Gasteiger charge is 2.23. The van der Waals surface area contributed by atoms with Gasteiger partial charge in [0.1, 0.15) is 12.1 Å². The van der Waals surface area contributed by atoms with Gasteiger partial charge in [0.05, 0.1) is 12.9 Å². The number of hydrogen-bond donors (Lipinski definition) is 2. The molecule has 1 aromatic heterocycles. The van der Waals surface area contributed by atoms with Crippen LogP contribution < -0.4 is 5.32 Å². The standard InChI is InChI=1S/C14H17N3O2/c1-14(19,12-5-3-2-4-6-12)10-16-13(18)9-17-8-7-15-11-17/h2-8,11,19H,9-10H2,1H3,(H,16,18). The summed E-state index contributed by atoms with van der Waals surface area (Å²) in [6.45, 7) is 2.05. The third kappa shape index (κ3) is 3.66. The van der Waals surface area contributed by atoms with Crippen molar-refractivity contribution in [2.75, 3.05) is 6.54 Å². The number of rotatable bonds is 5. The Hall–Kier alpha value is -2.14. The Morgan fingerprint density at radius 2 is 2.16 bits per heavy atom. The van der Waals surface area contributed by atoms with Gasteiger partial charge < -0.3 is 15.0 Å². The zero-order valence-electron chi connectivity index (χ0n) is 10.8. The van der Waals surface area contributed by atoms with Crippen molar-refractivity contribution in [3.63, 3.8) is 0 Å². The van der Waals surface area contributed by atoms with E-state index in [0.717, 1.165) is 5.56 Å². The average molecular weight is 259 g/mol. The van der Waals surface area contributed by atoms with Crippen LogP contribution in [0.25, 0.3) is 0 Å². The predicted octanol–water partition coefficient (Wildman–Crippen LogP) is 0.907. The van der Waals surface area contributed by atoms with Crippen molar-refractivity contribution in [2.24, 2.45) is 0 Å². The van der Waals surface area contributed by atoms with Gasteiger partial charge in [-0.05, 0) is 12.5 Å². The highest BCUT2D eigenvalue weighted by Crippen LogP contribution is 2.18. The molecule has 5 heteroatoms. The zero-order chi connectivity index (χ0) is 13.7. The number of amides is 1. The summed E-state index contributed by atoms with van der Waals surface area (Å²) in [5.41, 5.74) is -0.302. The van der Waals surface area contributed by atoms with E-state index >= 15 is 0 Å². The number of carbonyl (C=O) groups excluding carboxylic acids is 1. The maximum Gasteiger partial charge on any atom is 0.240 e. The van der Waals surface area contributed by atoms with E-state index in [2.05, 4.69) is 10.3 Å². The number of benzene rings is 1. The molecule has 0 spiro atoms. The molecule has 0 aliphatic carbocycles. The first-order valence-corrected chi connectivity index (χ1v) is 6.08. The molecule has 0 saturated carbocycles. The minimum atomic E-state index is -1.08. The van der Waals surface area contributed by atoms with Crippen LogP contribution in [-0.4, -0.2) is 27.1 Å². The van der Waals surface area contributed by atoms with Gasteiger partial charge in [-0.2, -0.15) is 0 Å². The van der Waals surface area contributed by atoms with Crippen molar-refractivity contribution < 1.29 is 9.90 Å². The lowest BCUT2D eigenvalue weighted by molar-refractivity contribution is -0.122. The number of hydrogen-bond acceptors (Lipinski definition) is 3. The number of carbonyl (C=O) groups is 1. The lowest BCUT2D eigenvalue weighted by Crippen LogP contribution is -2.39. The molecule has 1 unspecified atom stereocenters. The van der Waals surface area contributed by atoms with E-state index in [0.29, 0.717) is 0 Å². The summed E-state index contributed by atoms with van der Waals surface area (Å²) >= 11 is 0. The van der Waals surface area contributed by atoms with Crippen LogP contribution in [0, 0.1) is 0 Å². The number of nitrogens with one attached hydrogen (secondary N) is 1. The van der Waals surface area contributed by atoms with E-state index in [4.69, 9.17) is 0 Å². The number of nitrogens with zero attached hydrogens (tertiary/aromatic N) is 2. The molecular weight excluding hydrogens is 242 g/mol. The van der Waals surface area contributed by atoms with Gasteiger partial charge in [-0.3, -0.25) is 4.79 Å². The first kappa shape index (κ1) is 13.3. The molecule has 5 nitrogen and oxygen atoms in total. The molecule has 1 aromatic carbocycles. The summed E-state index contributed by atoms with van der Waals surface area (Å²) < 4.78 is 1.67. The minimum absolute atomic E-state index is 0.158. The molecule has 2 aromatic rings. The zero-order valence-corrected chi connectivity index (χ0v) is 10.8. The van der Waals surface area contributed by atoms with Gasteiger partial charge in [0.25, 0.3) is 0 Å². The van der Waals surface area contributed by atoms with Crippen molar-refractivity contribution >= 4 is 5.91 Å². The first-order valence-electron chi connectivity index (χ1n) is 6.08. The van der Waals surface area contributed by atoms with Crippen molar-refractivity contribution in [1.29, 1.82) is 0 Å². The molecule has 0 fully saturated rings. The van der Waals surface area contributed by atoms with Gasteiger partial charge >= 0.3 is 0 Å². The van der Waals surface area contributed by atoms with E-state index < -0.39 is 5.60 Å². The fourth-order valence-corrected chi connectivity index (χ4v) is 1.77. The molecule has 19 heavy (non-hydrogen) atoms. The predicted molar refractivity (Wildman–Crippen MR) is 71.2 cm³/mol. The van der Waals surface area contributed by atoms with Gasteiger partial charge in [-0.1, -0.05) is 30.3 Å². The van der Waals surface area contributed by atoms with Gasteiger partial charge in [0, 0.05) is 12.4 Å². The fraction of sp³-hybridized carbons (Fsp3) is 0.286. The first-order chi connectivity index (χ1) is 9.08. The highest BCUT2D eigenvalue weighted by molar-refractivity contribution is 5.75. The Balaban J connectivity index is 1.89. The number of imidazole rings is 1. The maximum absolute atomic E-state index is 11.7. The Morgan fingerprint density at radius 1 is 1.42 bits per heavy atom. The minimum Gasteiger partial charge on any atom is -0.384 e. The molecule has 2 rings (SSSR count). The van der Waals surface area contributed by atoms with Gasteiger partial charge in [-0.15, -0.1) is 0 Å². The second-order valence-electron chi connectivity index (χ2n) is 4.65. The second kappa shape index (κ2) is 5.67. The highest BCUT2D eigenvalue weighted by atomic mass is 16.3. The Kier molecular flexibility index (Phi) is 3.97. The van der Waals surface area contributed by atoms with E-state index in [1.165, 1.54) is 0 Å². The quantitative estimate of drug-likeness (QED) is 0.838. The van der Waals surface area contributed by atoms with E-state index in [9.17, 15) is 9.90 Å². The van der Waals surface area contributed by atoms with Gasteiger partial charge in [0.15, 0.2) is 0 Å². The van der Waals surface area contributed by atoms with Crippen molar-refractivity contribution in [3.05, 3.63) is 54.6 Å². The molecule has 0 radical (unpaired) electrons. The van der Waals surface area contributed by atoms with E-state index in [1.54, 1.807) is 30.2 Å². The summed E-state index contributed by atoms with van der Waals surface area (Å²) in [4.78, 5) is 15.6. The summed E-state index contributed by atoms with van der Waals surface area (Å²) in [6.07, 6.45) is 4.91. The van der Waals surface area contributed by atoms with Crippen molar-refractivity contribution in [1.82, 2.24) is 14.9 Å². The smallest absolute Gasteiger partial charge is 0.240 e. The van der Waals surface area contributed by atoms with Crippen molar-refractivity contribution in [2.45, 2.75) is 19.1 Å². The van der Waals surface area contributed by atoms with Crippen LogP contribution in [0.4, 0.5) is 0 Å². The van der Waals surface area contributed by atoms with Crippen LogP contribution in [0.3, 0.4) is 0 Å². The SMILES string of the molecule is CC(O)(CNC(=O)Cn1ccnc1)c1ccccc1. The second-order valence-corrected chi connectivity index (χ2v) is 4.65. The molecule has 1 amide bonds. The molecule has 0 aliphatic rings. The van der Waals surface area contributed by atoms with Crippen LogP contribution in [0.15, 0.2) is 49.1 Å². The molecule has 0 aliphatic heterocycles. The summed E-state index contributed by atoms with van der Waals surface area (Å²) in [5.74, 6) is -0.158. The largest absolute Gasteiger partial charge is 0.384 e. The molecule has 0 bridgehead atoms. The summed E-state index contributed by atoms with van der Waals surface area (Å²) in [6, 6.07) is 9.27.